The van der Waals surface area contributed by atoms with Crippen LogP contribution in [-0.2, 0) is 5.75 Å². The Hall–Kier alpha value is -2.00. The van der Waals surface area contributed by atoms with Gasteiger partial charge in [-0.3, -0.25) is 4.79 Å². The molecule has 0 aliphatic rings. The molecule has 8 heteroatoms. The Morgan fingerprint density at radius 1 is 1.25 bits per heavy atom. The van der Waals surface area contributed by atoms with E-state index in [1.807, 2.05) is 37.3 Å². The third kappa shape index (κ3) is 5.29. The predicted molar refractivity (Wildman–Crippen MR) is 117 cm³/mol. The van der Waals surface area contributed by atoms with Crippen LogP contribution in [0, 0.1) is 3.95 Å². The van der Waals surface area contributed by atoms with Gasteiger partial charge in [0.2, 0.25) is 0 Å². The number of amides is 1. The summed E-state index contributed by atoms with van der Waals surface area (Å²) < 4.78 is 3.29. The molecule has 0 fully saturated rings. The van der Waals surface area contributed by atoms with Crippen molar-refractivity contribution in [3.05, 3.63) is 69.7 Å². The maximum atomic E-state index is 12.2. The lowest BCUT2D eigenvalue weighted by atomic mass is 10.1. The van der Waals surface area contributed by atoms with Gasteiger partial charge < -0.3 is 10.4 Å². The lowest BCUT2D eigenvalue weighted by Crippen LogP contribution is -2.36. The summed E-state index contributed by atoms with van der Waals surface area (Å²) in [7, 11) is 0. The fourth-order valence-electron chi connectivity index (χ4n) is 2.50. The van der Waals surface area contributed by atoms with Crippen LogP contribution >= 0.6 is 35.3 Å². The van der Waals surface area contributed by atoms with Crippen LogP contribution in [0.2, 0.25) is 0 Å². The lowest BCUT2D eigenvalue weighted by molar-refractivity contribution is 0.0915. The highest BCUT2D eigenvalue weighted by molar-refractivity contribution is 8.00. The first-order chi connectivity index (χ1) is 13.6. The van der Waals surface area contributed by atoms with Gasteiger partial charge in [-0.05, 0) is 48.5 Å². The summed E-state index contributed by atoms with van der Waals surface area (Å²) in [6.45, 7) is 1.85. The van der Waals surface area contributed by atoms with Gasteiger partial charge >= 0.3 is 0 Å². The molecular formula is C20H21N3O2S3. The fourth-order valence-corrected chi connectivity index (χ4v) is 4.82. The van der Waals surface area contributed by atoms with Crippen molar-refractivity contribution < 1.29 is 9.90 Å². The minimum atomic E-state index is -0.233. The van der Waals surface area contributed by atoms with Crippen molar-refractivity contribution >= 4 is 41.2 Å². The Morgan fingerprint density at radius 3 is 2.61 bits per heavy atom. The molecule has 2 aromatic carbocycles. The van der Waals surface area contributed by atoms with Crippen LogP contribution in [0.5, 0.6) is 0 Å². The highest BCUT2D eigenvalue weighted by atomic mass is 32.2. The summed E-state index contributed by atoms with van der Waals surface area (Å²) in [5.74, 6) is 0.638. The number of nitrogens with one attached hydrogen (secondary N) is 1. The number of aromatic nitrogens is 2. The minimum Gasteiger partial charge on any atom is -0.394 e. The molecule has 0 aliphatic carbocycles. The van der Waals surface area contributed by atoms with E-state index in [4.69, 9.17) is 12.2 Å². The number of carbonyl (C=O) groups is 1. The van der Waals surface area contributed by atoms with Gasteiger partial charge in [0.05, 0.1) is 18.3 Å². The lowest BCUT2D eigenvalue weighted by Gasteiger charge is -2.14. The van der Waals surface area contributed by atoms with Crippen molar-refractivity contribution in [1.29, 1.82) is 0 Å². The molecule has 0 saturated heterocycles. The van der Waals surface area contributed by atoms with Crippen LogP contribution in [0.4, 0.5) is 0 Å². The van der Waals surface area contributed by atoms with Gasteiger partial charge in [0.25, 0.3) is 5.91 Å². The zero-order chi connectivity index (χ0) is 19.9. The molecule has 1 unspecified atom stereocenters. The molecule has 0 aliphatic heterocycles. The third-order valence-electron chi connectivity index (χ3n) is 4.16. The van der Waals surface area contributed by atoms with E-state index in [-0.39, 0.29) is 18.6 Å². The van der Waals surface area contributed by atoms with E-state index < -0.39 is 0 Å². The Bertz CT molecular complexity index is 964. The number of rotatable bonds is 8. The molecule has 0 spiro atoms. The molecule has 3 rings (SSSR count). The number of nitrogens with zero attached hydrogens (tertiary/aromatic N) is 2. The molecule has 3 aromatic rings. The Labute approximate surface area is 177 Å². The predicted octanol–water partition coefficient (Wildman–Crippen LogP) is 4.46. The maximum absolute atomic E-state index is 12.2. The Kier molecular flexibility index (Phi) is 7.38. The summed E-state index contributed by atoms with van der Waals surface area (Å²) in [6, 6.07) is 17.1. The minimum absolute atomic E-state index is 0.0717. The van der Waals surface area contributed by atoms with Crippen LogP contribution in [0.1, 0.15) is 29.3 Å². The van der Waals surface area contributed by atoms with Crippen LogP contribution < -0.4 is 5.32 Å². The van der Waals surface area contributed by atoms with Crippen LogP contribution in [-0.4, -0.2) is 33.4 Å². The molecule has 28 heavy (non-hydrogen) atoms. The fraction of sp³-hybridized carbons (Fsp3) is 0.250. The summed E-state index contributed by atoms with van der Waals surface area (Å²) in [5, 5.41) is 16.6. The summed E-state index contributed by atoms with van der Waals surface area (Å²) in [5.41, 5.74) is 2.60. The number of hydrogen-bond acceptors (Lipinski definition) is 6. The average molecular weight is 432 g/mol. The van der Waals surface area contributed by atoms with E-state index in [0.717, 1.165) is 15.8 Å². The Morgan fingerprint density at radius 2 is 1.96 bits per heavy atom. The zero-order valence-corrected chi connectivity index (χ0v) is 17.8. The number of carbonyl (C=O) groups excluding carboxylic acids is 1. The second-order valence-corrected chi connectivity index (χ2v) is 8.97. The van der Waals surface area contributed by atoms with Crippen molar-refractivity contribution in [3.8, 4) is 5.69 Å². The molecule has 146 valence electrons. The largest absolute Gasteiger partial charge is 0.394 e. The van der Waals surface area contributed by atoms with Crippen LogP contribution in [0.15, 0.2) is 58.9 Å². The van der Waals surface area contributed by atoms with Crippen molar-refractivity contribution in [2.24, 2.45) is 0 Å². The average Bonchev–Trinajstić information content (AvgIpc) is 3.11. The topological polar surface area (TPSA) is 67.2 Å². The van der Waals surface area contributed by atoms with E-state index in [9.17, 15) is 9.90 Å². The number of aliphatic hydroxyl groups excluding tert-OH is 1. The molecule has 5 nitrogen and oxygen atoms in total. The Balaban J connectivity index is 1.69. The van der Waals surface area contributed by atoms with Gasteiger partial charge in [-0.2, -0.15) is 0 Å². The van der Waals surface area contributed by atoms with Gasteiger partial charge in [0.1, 0.15) is 0 Å². The zero-order valence-electron chi connectivity index (χ0n) is 15.4. The monoisotopic (exact) mass is 431 g/mol. The number of aliphatic hydroxyl groups is 1. The van der Waals surface area contributed by atoms with E-state index in [1.54, 1.807) is 28.6 Å². The van der Waals surface area contributed by atoms with Gasteiger partial charge in [-0.1, -0.05) is 60.4 Å². The first-order valence-electron chi connectivity index (χ1n) is 8.89. The summed E-state index contributed by atoms with van der Waals surface area (Å²) in [6.07, 6.45) is 0.678. The quantitative estimate of drug-likeness (QED) is 0.407. The van der Waals surface area contributed by atoms with Crippen molar-refractivity contribution in [2.75, 3.05) is 6.61 Å². The SMILES string of the molecule is CCC(CO)NC(=O)c1ccc(-n2nc(SCc3ccccc3)sc2=S)cc1. The molecule has 1 aromatic heterocycles. The first-order valence-corrected chi connectivity index (χ1v) is 11.1. The molecule has 1 heterocycles. The standard InChI is InChI=1S/C20H21N3O2S3/c1-2-16(12-24)21-18(25)15-8-10-17(11-9-15)23-20(26)28-19(22-23)27-13-14-6-4-3-5-7-14/h3-11,16,24H,2,12-13H2,1H3,(H,21,25). The summed E-state index contributed by atoms with van der Waals surface area (Å²) >= 11 is 8.59. The molecule has 0 bridgehead atoms. The van der Waals surface area contributed by atoms with Crippen molar-refractivity contribution in [1.82, 2.24) is 15.1 Å². The molecule has 0 radical (unpaired) electrons. The van der Waals surface area contributed by atoms with E-state index in [1.165, 1.54) is 16.9 Å². The molecule has 1 atom stereocenters. The van der Waals surface area contributed by atoms with Gasteiger partial charge in [-0.25, -0.2) is 4.68 Å². The number of thioether (sulfide) groups is 1. The highest BCUT2D eigenvalue weighted by Gasteiger charge is 2.12. The smallest absolute Gasteiger partial charge is 0.251 e. The third-order valence-corrected chi connectivity index (χ3v) is 6.59. The maximum Gasteiger partial charge on any atom is 0.251 e. The van der Waals surface area contributed by atoms with E-state index >= 15 is 0 Å². The molecule has 2 N–H and O–H groups in total. The second kappa shape index (κ2) is 9.97. The van der Waals surface area contributed by atoms with Crippen molar-refractivity contribution in [3.63, 3.8) is 0 Å². The van der Waals surface area contributed by atoms with E-state index in [2.05, 4.69) is 22.5 Å². The normalized spacial score (nSPS) is 11.9. The number of hydrogen-bond donors (Lipinski definition) is 2. The van der Waals surface area contributed by atoms with Gasteiger partial charge in [0.15, 0.2) is 8.29 Å². The molecule has 1 amide bonds. The first kappa shape index (κ1) is 20.7. The van der Waals surface area contributed by atoms with Crippen molar-refractivity contribution in [2.45, 2.75) is 29.5 Å². The molecule has 0 saturated carbocycles. The highest BCUT2D eigenvalue weighted by Crippen LogP contribution is 2.27. The van der Waals surface area contributed by atoms with Crippen LogP contribution in [0.3, 0.4) is 0 Å². The molecular weight excluding hydrogens is 410 g/mol. The summed E-state index contributed by atoms with van der Waals surface area (Å²) in [4.78, 5) is 12.2. The number of benzene rings is 2. The van der Waals surface area contributed by atoms with Gasteiger partial charge in [-0.15, -0.1) is 5.10 Å². The second-order valence-electron chi connectivity index (χ2n) is 6.13. The van der Waals surface area contributed by atoms with Gasteiger partial charge in [0, 0.05) is 11.3 Å². The van der Waals surface area contributed by atoms with E-state index in [0.29, 0.717) is 15.9 Å². The van der Waals surface area contributed by atoms with Crippen LogP contribution in [0.25, 0.3) is 5.69 Å².